The normalized spacial score (nSPS) is 16.9. The smallest absolute Gasteiger partial charge is 0.251 e. The minimum Gasteiger partial charge on any atom is -0.457 e. The molecule has 0 N–H and O–H groups in total. The van der Waals surface area contributed by atoms with Gasteiger partial charge in [0.2, 0.25) is 5.78 Å². The number of rotatable bonds is 8. The van der Waals surface area contributed by atoms with Gasteiger partial charge < -0.3 is 4.74 Å². The number of thioether (sulfide) groups is 1. The highest BCUT2D eigenvalue weighted by Crippen LogP contribution is 2.41. The van der Waals surface area contributed by atoms with Crippen LogP contribution in [0.3, 0.4) is 0 Å². The van der Waals surface area contributed by atoms with E-state index in [9.17, 15) is 17.6 Å². The first-order valence-electron chi connectivity index (χ1n) is 13.2. The highest BCUT2D eigenvalue weighted by molar-refractivity contribution is 14.1. The lowest BCUT2D eigenvalue weighted by Crippen LogP contribution is -2.40. The van der Waals surface area contributed by atoms with Crippen LogP contribution in [-0.4, -0.2) is 34.2 Å². The second-order valence-corrected chi connectivity index (χ2v) is 15.4. The van der Waals surface area contributed by atoms with Crippen molar-refractivity contribution in [3.05, 3.63) is 122 Å². The molecule has 44 heavy (non-hydrogen) atoms. The molecule has 1 unspecified atom stereocenters. The number of benzene rings is 3. The van der Waals surface area contributed by atoms with E-state index in [2.05, 4.69) is 27.6 Å². The van der Waals surface area contributed by atoms with Crippen LogP contribution < -0.4 is 4.74 Å². The topological polar surface area (TPSA) is 78.3 Å². The van der Waals surface area contributed by atoms with Gasteiger partial charge in [-0.1, -0.05) is 18.2 Å². The molecule has 3 aromatic carbocycles. The number of hydrogen-bond acceptors (Lipinski definition) is 7. The van der Waals surface area contributed by atoms with E-state index in [-0.39, 0.29) is 23.5 Å². The molecule has 0 bridgehead atoms. The molecule has 0 saturated carbocycles. The third kappa shape index (κ3) is 5.52. The summed E-state index contributed by atoms with van der Waals surface area (Å²) in [6.45, 7) is 1.39. The highest BCUT2D eigenvalue weighted by Gasteiger charge is 2.46. The first-order chi connectivity index (χ1) is 21.0. The summed E-state index contributed by atoms with van der Waals surface area (Å²) in [7, 11) is -4.16. The molecule has 5 aromatic rings. The van der Waals surface area contributed by atoms with Crippen molar-refractivity contribution in [3.63, 3.8) is 0 Å². The minimum absolute atomic E-state index is 0.0159. The van der Waals surface area contributed by atoms with Crippen molar-refractivity contribution in [1.82, 2.24) is 8.96 Å². The van der Waals surface area contributed by atoms with Gasteiger partial charge in [-0.05, 0) is 103 Å². The van der Waals surface area contributed by atoms with Gasteiger partial charge in [-0.25, -0.2) is 26.2 Å². The van der Waals surface area contributed by atoms with Crippen LogP contribution in [0.1, 0.15) is 29.4 Å². The van der Waals surface area contributed by atoms with Crippen LogP contribution in [0.25, 0.3) is 21.5 Å². The Morgan fingerprint density at radius 1 is 1.09 bits per heavy atom. The monoisotopic (exact) mass is 760 g/mol. The Balaban J connectivity index is 1.25. The molecule has 12 heteroatoms. The average molecular weight is 761 g/mol. The van der Waals surface area contributed by atoms with Crippen LogP contribution in [0.2, 0.25) is 0 Å². The molecular weight excluding hydrogens is 737 g/mol. The number of aromatic nitrogens is 2. The Hall–Kier alpha value is -3.33. The van der Waals surface area contributed by atoms with Crippen LogP contribution in [-0.2, 0) is 10.0 Å². The summed E-state index contributed by atoms with van der Waals surface area (Å²) in [6, 6.07) is 17.9. The first-order valence-corrected chi connectivity index (χ1v) is 17.8. The van der Waals surface area contributed by atoms with Crippen molar-refractivity contribution in [2.45, 2.75) is 18.1 Å². The molecule has 0 radical (unpaired) electrons. The number of carbonyl (C=O) groups is 1. The summed E-state index contributed by atoms with van der Waals surface area (Å²) in [4.78, 5) is 18.0. The van der Waals surface area contributed by atoms with Gasteiger partial charge in [-0.15, -0.1) is 23.1 Å². The van der Waals surface area contributed by atoms with E-state index in [0.29, 0.717) is 37.9 Å². The van der Waals surface area contributed by atoms with Crippen LogP contribution >= 0.6 is 45.7 Å². The molecule has 0 amide bonds. The van der Waals surface area contributed by atoms with E-state index < -0.39 is 26.4 Å². The van der Waals surface area contributed by atoms with Gasteiger partial charge in [0.05, 0.1) is 5.52 Å². The van der Waals surface area contributed by atoms with E-state index in [1.165, 1.54) is 49.2 Å². The van der Waals surface area contributed by atoms with Gasteiger partial charge in [0, 0.05) is 36.6 Å². The lowest BCUT2D eigenvalue weighted by Gasteiger charge is -2.30. The second kappa shape index (κ2) is 11.9. The molecule has 0 aliphatic heterocycles. The SMILES string of the molecule is CSC1=CCC(C)(S(=O)(=O)n2ccc3cc(Oc4ccc(F)c(-c5nc(C(=O)c6cccc(I)c6)cs5)c4)ccc32)C(F)=C1. The summed E-state index contributed by atoms with van der Waals surface area (Å²) in [6.07, 6.45) is 6.23. The van der Waals surface area contributed by atoms with Crippen molar-refractivity contribution < 1.29 is 26.7 Å². The number of ketones is 1. The molecule has 1 aliphatic rings. The molecule has 224 valence electrons. The number of thiazole rings is 1. The second-order valence-electron chi connectivity index (χ2n) is 10.2. The molecule has 1 atom stereocenters. The van der Waals surface area contributed by atoms with Crippen LogP contribution in [0.15, 0.2) is 101 Å². The van der Waals surface area contributed by atoms with Crippen molar-refractivity contribution >= 4 is 72.4 Å². The van der Waals surface area contributed by atoms with E-state index in [0.717, 1.165) is 18.9 Å². The Kier molecular flexibility index (Phi) is 8.28. The summed E-state index contributed by atoms with van der Waals surface area (Å²) >= 11 is 4.64. The van der Waals surface area contributed by atoms with Crippen LogP contribution in [0, 0.1) is 9.39 Å². The number of nitrogens with zero attached hydrogens (tertiary/aromatic N) is 2. The van der Waals surface area contributed by atoms with E-state index in [1.807, 2.05) is 12.3 Å². The quantitative estimate of drug-likeness (QED) is 0.116. The van der Waals surface area contributed by atoms with E-state index in [1.54, 1.807) is 53.9 Å². The number of allylic oxidation sites excluding steroid dienone is 2. The van der Waals surface area contributed by atoms with E-state index in [4.69, 9.17) is 4.74 Å². The van der Waals surface area contributed by atoms with Gasteiger partial charge in [0.15, 0.2) is 0 Å². The number of fused-ring (bicyclic) bond motifs is 1. The molecule has 1 aliphatic carbocycles. The molecular formula is C32H23F2IN2O4S3. The van der Waals surface area contributed by atoms with Crippen LogP contribution in [0.5, 0.6) is 11.5 Å². The molecule has 6 nitrogen and oxygen atoms in total. The maximum atomic E-state index is 15.1. The van der Waals surface area contributed by atoms with Crippen LogP contribution in [0.4, 0.5) is 8.78 Å². The van der Waals surface area contributed by atoms with Gasteiger partial charge in [-0.2, -0.15) is 0 Å². The van der Waals surface area contributed by atoms with Gasteiger partial charge in [0.25, 0.3) is 10.0 Å². The lowest BCUT2D eigenvalue weighted by molar-refractivity contribution is 0.103. The molecule has 2 heterocycles. The summed E-state index contributed by atoms with van der Waals surface area (Å²) in [5.41, 5.74) is 1.28. The molecule has 6 rings (SSSR count). The Labute approximate surface area is 274 Å². The Morgan fingerprint density at radius 3 is 2.61 bits per heavy atom. The molecule has 0 fully saturated rings. The average Bonchev–Trinajstić information content (AvgIpc) is 3.67. The third-order valence-corrected chi connectivity index (χ3v) is 12.0. The lowest BCUT2D eigenvalue weighted by atomic mass is 10.0. The van der Waals surface area contributed by atoms with Crippen molar-refractivity contribution in [2.24, 2.45) is 0 Å². The van der Waals surface area contributed by atoms with Crippen molar-refractivity contribution in [1.29, 1.82) is 0 Å². The summed E-state index contributed by atoms with van der Waals surface area (Å²) in [5, 5.41) is 2.50. The van der Waals surface area contributed by atoms with Gasteiger partial charge in [0.1, 0.15) is 38.6 Å². The summed E-state index contributed by atoms with van der Waals surface area (Å²) in [5.74, 6) is -0.758. The zero-order valence-corrected chi connectivity index (χ0v) is 27.9. The van der Waals surface area contributed by atoms with Gasteiger partial charge in [-0.3, -0.25) is 4.79 Å². The maximum Gasteiger partial charge on any atom is 0.251 e. The third-order valence-electron chi connectivity index (χ3n) is 7.38. The van der Waals surface area contributed by atoms with Crippen molar-refractivity contribution in [2.75, 3.05) is 6.26 Å². The zero-order chi connectivity index (χ0) is 31.2. The number of carbonyl (C=O) groups excluding carboxylic acids is 1. The zero-order valence-electron chi connectivity index (χ0n) is 23.3. The molecule has 0 saturated heterocycles. The van der Waals surface area contributed by atoms with E-state index >= 15 is 4.39 Å². The predicted molar refractivity (Wildman–Crippen MR) is 180 cm³/mol. The molecule has 0 spiro atoms. The first kappa shape index (κ1) is 30.7. The Morgan fingerprint density at radius 2 is 1.86 bits per heavy atom. The number of ether oxygens (including phenoxy) is 1. The minimum atomic E-state index is -4.16. The fourth-order valence-corrected chi connectivity index (χ4v) is 8.34. The maximum absolute atomic E-state index is 15.1. The number of halogens is 3. The Bertz CT molecular complexity index is 2120. The predicted octanol–water partition coefficient (Wildman–Crippen LogP) is 8.97. The van der Waals surface area contributed by atoms with Crippen molar-refractivity contribution in [3.8, 4) is 22.1 Å². The summed E-state index contributed by atoms with van der Waals surface area (Å²) < 4.78 is 63.6. The highest BCUT2D eigenvalue weighted by atomic mass is 127. The number of hydrogen-bond donors (Lipinski definition) is 0. The molecule has 2 aromatic heterocycles. The fraction of sp³-hybridized carbons (Fsp3) is 0.125. The standard InChI is InChI=1S/C32H23F2IN2O4S3/c1-32(12-10-24(42-2)17-29(32)34)44(39,40)37-13-11-19-15-22(7-9-28(19)37)41-23-6-8-26(33)25(16-23)31-36-27(18-43-31)30(38)20-4-3-5-21(35)14-20/h3-11,13-18H,12H2,1-2H3. The van der Waals surface area contributed by atoms with Gasteiger partial charge >= 0.3 is 0 Å². The fourth-order valence-electron chi connectivity index (χ4n) is 4.83. The largest absolute Gasteiger partial charge is 0.457 e.